The molecule has 8 heteroatoms. The Morgan fingerprint density at radius 3 is 2.63 bits per heavy atom. The fourth-order valence-corrected chi connectivity index (χ4v) is 3.08. The van der Waals surface area contributed by atoms with E-state index in [4.69, 9.17) is 0 Å². The van der Waals surface area contributed by atoms with Crippen LogP contribution in [0.4, 0.5) is 13.2 Å². The number of aromatic nitrogens is 3. The summed E-state index contributed by atoms with van der Waals surface area (Å²) in [5, 5.41) is 11.4. The van der Waals surface area contributed by atoms with Gasteiger partial charge in [0.15, 0.2) is 5.82 Å². The summed E-state index contributed by atoms with van der Waals surface area (Å²) in [5.41, 5.74) is -2.49. The molecule has 0 aliphatic heterocycles. The number of hydrogen-bond acceptors (Lipinski definition) is 4. The smallest absolute Gasteiger partial charge is 0.248 e. The Morgan fingerprint density at radius 1 is 1.19 bits per heavy atom. The molecule has 0 amide bonds. The maximum atomic E-state index is 14.5. The molecule has 5 nitrogen and oxygen atoms in total. The molecule has 2 heterocycles. The van der Waals surface area contributed by atoms with Crippen LogP contribution in [0.2, 0.25) is 0 Å². The van der Waals surface area contributed by atoms with Gasteiger partial charge in [0.05, 0.1) is 11.9 Å². The monoisotopic (exact) mass is 375 g/mol. The quantitative estimate of drug-likeness (QED) is 0.719. The number of pyridine rings is 1. The van der Waals surface area contributed by atoms with E-state index >= 15 is 0 Å². The Morgan fingerprint density at radius 2 is 1.96 bits per heavy atom. The zero-order valence-electron chi connectivity index (χ0n) is 14.3. The SMILES string of the molecule is C[C@@H](c1ncncc1F)[C@](O)(Cc1cccc(=O)[nH]1)c1ccc(F)cc1F. The van der Waals surface area contributed by atoms with Crippen LogP contribution in [0.25, 0.3) is 0 Å². The molecule has 3 aromatic rings. The predicted octanol–water partition coefficient (Wildman–Crippen LogP) is 2.82. The fourth-order valence-electron chi connectivity index (χ4n) is 3.08. The number of benzene rings is 1. The average Bonchev–Trinajstić information content (AvgIpc) is 2.61. The number of nitrogens with one attached hydrogen (secondary N) is 1. The first kappa shape index (κ1) is 18.8. The Balaban J connectivity index is 2.16. The number of aliphatic hydroxyl groups is 1. The summed E-state index contributed by atoms with van der Waals surface area (Å²) in [6.45, 7) is 1.47. The van der Waals surface area contributed by atoms with Gasteiger partial charge >= 0.3 is 0 Å². The minimum atomic E-state index is -2.02. The third kappa shape index (κ3) is 3.75. The molecule has 0 saturated heterocycles. The molecule has 0 spiro atoms. The van der Waals surface area contributed by atoms with Crippen molar-refractivity contribution in [3.05, 3.63) is 93.7 Å². The van der Waals surface area contributed by atoms with Gasteiger partial charge in [0.2, 0.25) is 5.56 Å². The molecule has 3 rings (SSSR count). The second kappa shape index (κ2) is 7.32. The lowest BCUT2D eigenvalue weighted by Gasteiger charge is -2.34. The first-order valence-corrected chi connectivity index (χ1v) is 8.13. The van der Waals surface area contributed by atoms with Crippen LogP contribution in [-0.4, -0.2) is 20.1 Å². The van der Waals surface area contributed by atoms with Gasteiger partial charge in [-0.1, -0.05) is 19.1 Å². The van der Waals surface area contributed by atoms with Crippen molar-refractivity contribution in [3.63, 3.8) is 0 Å². The molecule has 27 heavy (non-hydrogen) atoms. The van der Waals surface area contributed by atoms with E-state index in [1.807, 2.05) is 0 Å². The van der Waals surface area contributed by atoms with Crippen LogP contribution in [0, 0.1) is 17.5 Å². The van der Waals surface area contributed by atoms with Gasteiger partial charge < -0.3 is 10.1 Å². The van der Waals surface area contributed by atoms with E-state index in [9.17, 15) is 23.1 Å². The fraction of sp³-hybridized carbons (Fsp3) is 0.211. The predicted molar refractivity (Wildman–Crippen MR) is 91.4 cm³/mol. The minimum Gasteiger partial charge on any atom is -0.384 e. The Kier molecular flexibility index (Phi) is 5.09. The maximum Gasteiger partial charge on any atom is 0.248 e. The van der Waals surface area contributed by atoms with Crippen LogP contribution in [-0.2, 0) is 12.0 Å². The highest BCUT2D eigenvalue weighted by Crippen LogP contribution is 2.40. The van der Waals surface area contributed by atoms with E-state index in [2.05, 4.69) is 15.0 Å². The number of halogens is 3. The first-order valence-electron chi connectivity index (χ1n) is 8.13. The second-order valence-corrected chi connectivity index (χ2v) is 6.24. The van der Waals surface area contributed by atoms with Crippen molar-refractivity contribution < 1.29 is 18.3 Å². The van der Waals surface area contributed by atoms with Gasteiger partial charge in [-0.3, -0.25) is 4.79 Å². The standard InChI is InChI=1S/C19H16F3N3O2/c1-11(18-16(22)9-23-10-24-18)19(27,8-13-3-2-4-17(26)25-13)14-6-5-12(20)7-15(14)21/h2-7,9-11,27H,8H2,1H3,(H,25,26)/t11-,19+/m0/s1. The molecule has 1 aromatic carbocycles. The third-order valence-electron chi connectivity index (χ3n) is 4.51. The van der Waals surface area contributed by atoms with Gasteiger partial charge in [0.1, 0.15) is 23.6 Å². The topological polar surface area (TPSA) is 78.9 Å². The minimum absolute atomic E-state index is 0.130. The van der Waals surface area contributed by atoms with Crippen LogP contribution in [0.5, 0.6) is 0 Å². The summed E-state index contributed by atoms with van der Waals surface area (Å²) < 4.78 is 42.1. The maximum absolute atomic E-state index is 14.5. The number of rotatable bonds is 5. The second-order valence-electron chi connectivity index (χ2n) is 6.24. The Bertz CT molecular complexity index is 1020. The van der Waals surface area contributed by atoms with Gasteiger partial charge in [0.25, 0.3) is 0 Å². The molecule has 2 aromatic heterocycles. The first-order chi connectivity index (χ1) is 12.8. The summed E-state index contributed by atoms with van der Waals surface area (Å²) in [7, 11) is 0. The molecular formula is C19H16F3N3O2. The van der Waals surface area contributed by atoms with E-state index < -0.39 is 34.5 Å². The van der Waals surface area contributed by atoms with Crippen molar-refractivity contribution >= 4 is 0 Å². The van der Waals surface area contributed by atoms with Gasteiger partial charge in [-0.2, -0.15) is 0 Å². The zero-order valence-corrected chi connectivity index (χ0v) is 14.3. The van der Waals surface area contributed by atoms with E-state index in [1.54, 1.807) is 0 Å². The number of H-pyrrole nitrogens is 1. The van der Waals surface area contributed by atoms with E-state index in [-0.39, 0.29) is 17.7 Å². The van der Waals surface area contributed by atoms with E-state index in [0.29, 0.717) is 11.8 Å². The van der Waals surface area contributed by atoms with Crippen LogP contribution in [0.1, 0.15) is 29.8 Å². The number of nitrogens with zero attached hydrogens (tertiary/aromatic N) is 2. The van der Waals surface area contributed by atoms with Crippen LogP contribution >= 0.6 is 0 Å². The number of aromatic amines is 1. The molecule has 0 saturated carbocycles. The van der Waals surface area contributed by atoms with Gasteiger partial charge in [-0.15, -0.1) is 0 Å². The molecule has 0 aliphatic rings. The van der Waals surface area contributed by atoms with Crippen molar-refractivity contribution in [1.29, 1.82) is 0 Å². The molecule has 0 unspecified atom stereocenters. The molecule has 2 N–H and O–H groups in total. The lowest BCUT2D eigenvalue weighted by Crippen LogP contribution is -2.37. The van der Waals surface area contributed by atoms with Crippen molar-refractivity contribution in [2.75, 3.05) is 0 Å². The van der Waals surface area contributed by atoms with Crippen LogP contribution in [0.15, 0.2) is 53.7 Å². The van der Waals surface area contributed by atoms with E-state index in [0.717, 1.165) is 24.7 Å². The molecule has 0 bridgehead atoms. The molecule has 2 atom stereocenters. The molecular weight excluding hydrogens is 359 g/mol. The highest BCUT2D eigenvalue weighted by molar-refractivity contribution is 5.32. The van der Waals surface area contributed by atoms with Crippen LogP contribution < -0.4 is 5.56 Å². The Hall–Kier alpha value is -3.00. The normalized spacial score (nSPS) is 14.6. The Labute approximate surface area is 152 Å². The zero-order chi connectivity index (χ0) is 19.6. The number of hydrogen-bond donors (Lipinski definition) is 2. The summed E-state index contributed by atoms with van der Waals surface area (Å²) in [4.78, 5) is 21.6. The van der Waals surface area contributed by atoms with Crippen molar-refractivity contribution in [2.24, 2.45) is 0 Å². The van der Waals surface area contributed by atoms with Crippen LogP contribution in [0.3, 0.4) is 0 Å². The van der Waals surface area contributed by atoms with Gasteiger partial charge in [-0.05, 0) is 12.1 Å². The molecule has 0 fully saturated rings. The van der Waals surface area contributed by atoms with Crippen molar-refractivity contribution in [1.82, 2.24) is 15.0 Å². The highest BCUT2D eigenvalue weighted by Gasteiger charge is 2.41. The van der Waals surface area contributed by atoms with Crippen molar-refractivity contribution in [2.45, 2.75) is 24.9 Å². The third-order valence-corrected chi connectivity index (χ3v) is 4.51. The lowest BCUT2D eigenvalue weighted by molar-refractivity contribution is 0.00589. The van der Waals surface area contributed by atoms with Gasteiger partial charge in [0, 0.05) is 35.7 Å². The van der Waals surface area contributed by atoms with Gasteiger partial charge in [-0.25, -0.2) is 23.1 Å². The summed E-state index contributed by atoms with van der Waals surface area (Å²) in [6, 6.07) is 7.04. The molecule has 0 radical (unpaired) electrons. The van der Waals surface area contributed by atoms with Crippen molar-refractivity contribution in [3.8, 4) is 0 Å². The average molecular weight is 375 g/mol. The summed E-state index contributed by atoms with van der Waals surface area (Å²) in [5.74, 6) is -3.61. The molecule has 140 valence electrons. The van der Waals surface area contributed by atoms with E-state index in [1.165, 1.54) is 25.1 Å². The summed E-state index contributed by atoms with van der Waals surface area (Å²) >= 11 is 0. The molecule has 0 aliphatic carbocycles. The highest BCUT2D eigenvalue weighted by atomic mass is 19.1. The largest absolute Gasteiger partial charge is 0.384 e. The summed E-state index contributed by atoms with van der Waals surface area (Å²) in [6.07, 6.45) is 1.79. The lowest BCUT2D eigenvalue weighted by atomic mass is 9.76.